The van der Waals surface area contributed by atoms with E-state index in [9.17, 15) is 14.4 Å². The zero-order valence-corrected chi connectivity index (χ0v) is 10.7. The summed E-state index contributed by atoms with van der Waals surface area (Å²) < 4.78 is 0. The molecule has 2 amide bonds. The normalized spacial score (nSPS) is 14.5. The molecule has 0 radical (unpaired) electrons. The van der Waals surface area contributed by atoms with E-state index in [1.165, 1.54) is 6.07 Å². The lowest BCUT2D eigenvalue weighted by Crippen LogP contribution is -2.42. The number of rotatable bonds is 4. The van der Waals surface area contributed by atoms with Gasteiger partial charge in [0.05, 0.1) is 6.42 Å². The van der Waals surface area contributed by atoms with Gasteiger partial charge in [-0.2, -0.15) is 12.6 Å². The van der Waals surface area contributed by atoms with Crippen molar-refractivity contribution in [3.8, 4) is 0 Å². The fourth-order valence-corrected chi connectivity index (χ4v) is 2.05. The number of aliphatic carboxylic acids is 1. The minimum atomic E-state index is -1.14. The van der Waals surface area contributed by atoms with Crippen LogP contribution in [-0.4, -0.2) is 34.7 Å². The van der Waals surface area contributed by atoms with Gasteiger partial charge >= 0.3 is 5.97 Å². The Morgan fingerprint density at radius 1 is 1.47 bits per heavy atom. The van der Waals surface area contributed by atoms with Gasteiger partial charge in [-0.1, -0.05) is 0 Å². The van der Waals surface area contributed by atoms with Crippen LogP contribution in [0.5, 0.6) is 0 Å². The smallest absolute Gasteiger partial charge is 0.327 e. The average molecular weight is 280 g/mol. The van der Waals surface area contributed by atoms with Gasteiger partial charge in [0.1, 0.15) is 6.04 Å². The zero-order valence-electron chi connectivity index (χ0n) is 9.84. The van der Waals surface area contributed by atoms with E-state index in [1.54, 1.807) is 12.1 Å². The molecule has 1 heterocycles. The van der Waals surface area contributed by atoms with E-state index in [0.717, 1.165) is 5.56 Å². The lowest BCUT2D eigenvalue weighted by atomic mass is 10.1. The zero-order chi connectivity index (χ0) is 14.0. The summed E-state index contributed by atoms with van der Waals surface area (Å²) in [4.78, 5) is 33.9. The van der Waals surface area contributed by atoms with Crippen molar-refractivity contribution in [1.82, 2.24) is 5.32 Å². The number of fused-ring (bicyclic) bond motifs is 1. The number of anilines is 1. The van der Waals surface area contributed by atoms with Crippen LogP contribution in [-0.2, 0) is 16.0 Å². The second-order valence-corrected chi connectivity index (χ2v) is 4.51. The van der Waals surface area contributed by atoms with Crippen molar-refractivity contribution in [2.75, 3.05) is 11.1 Å². The minimum Gasteiger partial charge on any atom is -0.480 e. The number of thiol groups is 1. The molecule has 100 valence electrons. The summed E-state index contributed by atoms with van der Waals surface area (Å²) in [5.74, 6) is -1.75. The predicted octanol–water partition coefficient (Wildman–Crippen LogP) is 0.294. The van der Waals surface area contributed by atoms with Crippen LogP contribution in [0, 0.1) is 0 Å². The summed E-state index contributed by atoms with van der Waals surface area (Å²) in [6.45, 7) is 0. The van der Waals surface area contributed by atoms with Crippen LogP contribution >= 0.6 is 12.6 Å². The maximum Gasteiger partial charge on any atom is 0.327 e. The van der Waals surface area contributed by atoms with Gasteiger partial charge < -0.3 is 15.7 Å². The van der Waals surface area contributed by atoms with Gasteiger partial charge in [0.15, 0.2) is 0 Å². The first-order valence-corrected chi connectivity index (χ1v) is 6.22. The average Bonchev–Trinajstić information content (AvgIpc) is 2.74. The molecule has 6 nitrogen and oxygen atoms in total. The first kappa shape index (κ1) is 13.4. The first-order valence-electron chi connectivity index (χ1n) is 5.58. The van der Waals surface area contributed by atoms with Crippen LogP contribution in [0.1, 0.15) is 15.9 Å². The maximum absolute atomic E-state index is 11.9. The van der Waals surface area contributed by atoms with Crippen molar-refractivity contribution < 1.29 is 19.5 Å². The number of nitrogens with one attached hydrogen (secondary N) is 2. The van der Waals surface area contributed by atoms with Gasteiger partial charge in [-0.3, -0.25) is 9.59 Å². The van der Waals surface area contributed by atoms with E-state index in [0.29, 0.717) is 11.3 Å². The molecular formula is C12H12N2O4S. The van der Waals surface area contributed by atoms with Crippen molar-refractivity contribution in [3.63, 3.8) is 0 Å². The van der Waals surface area contributed by atoms with E-state index in [2.05, 4.69) is 23.3 Å². The number of hydrogen-bond acceptors (Lipinski definition) is 4. The summed E-state index contributed by atoms with van der Waals surface area (Å²) in [7, 11) is 0. The highest BCUT2D eigenvalue weighted by atomic mass is 32.1. The molecule has 1 aliphatic heterocycles. The molecule has 0 fully saturated rings. The van der Waals surface area contributed by atoms with Crippen LogP contribution in [0.4, 0.5) is 5.69 Å². The van der Waals surface area contributed by atoms with Gasteiger partial charge in [0.2, 0.25) is 5.91 Å². The summed E-state index contributed by atoms with van der Waals surface area (Å²) >= 11 is 3.87. The summed E-state index contributed by atoms with van der Waals surface area (Å²) in [5, 5.41) is 13.9. The Balaban J connectivity index is 2.15. The minimum absolute atomic E-state index is 0.00601. The molecule has 1 unspecified atom stereocenters. The van der Waals surface area contributed by atoms with E-state index in [-0.39, 0.29) is 18.1 Å². The van der Waals surface area contributed by atoms with E-state index in [1.807, 2.05) is 0 Å². The molecule has 2 rings (SSSR count). The van der Waals surface area contributed by atoms with Gasteiger partial charge in [-0.25, -0.2) is 4.79 Å². The number of carbonyl (C=O) groups is 3. The molecule has 1 aromatic carbocycles. The van der Waals surface area contributed by atoms with Gasteiger partial charge in [0, 0.05) is 17.0 Å². The van der Waals surface area contributed by atoms with E-state index < -0.39 is 17.9 Å². The fourth-order valence-electron chi connectivity index (χ4n) is 1.80. The molecular weight excluding hydrogens is 268 g/mol. The SMILES string of the molecule is O=C1Cc2cc(C(=O)NC(CS)C(=O)O)ccc2N1. The highest BCUT2D eigenvalue weighted by Gasteiger charge is 2.22. The highest BCUT2D eigenvalue weighted by Crippen LogP contribution is 2.23. The number of benzene rings is 1. The van der Waals surface area contributed by atoms with Crippen molar-refractivity contribution in [2.45, 2.75) is 12.5 Å². The summed E-state index contributed by atoms with van der Waals surface area (Å²) in [5.41, 5.74) is 1.74. The molecule has 1 atom stereocenters. The van der Waals surface area contributed by atoms with Crippen molar-refractivity contribution >= 4 is 36.1 Å². The number of carbonyl (C=O) groups excluding carboxylic acids is 2. The largest absolute Gasteiger partial charge is 0.480 e. The van der Waals surface area contributed by atoms with E-state index >= 15 is 0 Å². The van der Waals surface area contributed by atoms with Crippen LogP contribution in [0.3, 0.4) is 0 Å². The Hall–Kier alpha value is -2.02. The monoisotopic (exact) mass is 280 g/mol. The molecule has 19 heavy (non-hydrogen) atoms. The third-order valence-electron chi connectivity index (χ3n) is 2.78. The molecule has 0 bridgehead atoms. The van der Waals surface area contributed by atoms with Crippen LogP contribution in [0.25, 0.3) is 0 Å². The standard InChI is InChI=1S/C12H12N2O4S/c15-10-4-7-3-6(1-2-8(7)13-10)11(16)14-9(5-19)12(17)18/h1-3,9,19H,4-5H2,(H,13,15)(H,14,16)(H,17,18). The Morgan fingerprint density at radius 2 is 2.21 bits per heavy atom. The Kier molecular flexibility index (Phi) is 3.75. The third-order valence-corrected chi connectivity index (χ3v) is 3.14. The lowest BCUT2D eigenvalue weighted by molar-refractivity contribution is -0.138. The molecule has 1 aliphatic rings. The second kappa shape index (κ2) is 5.31. The molecule has 1 aromatic rings. The van der Waals surface area contributed by atoms with Crippen molar-refractivity contribution in [2.24, 2.45) is 0 Å². The molecule has 0 saturated carbocycles. The first-order chi connectivity index (χ1) is 9.01. The Labute approximate surface area is 114 Å². The number of carboxylic acid groups (broad SMARTS) is 1. The second-order valence-electron chi connectivity index (χ2n) is 4.14. The summed E-state index contributed by atoms with van der Waals surface area (Å²) in [6, 6.07) is 3.71. The number of hydrogen-bond donors (Lipinski definition) is 4. The van der Waals surface area contributed by atoms with Gasteiger partial charge in [-0.05, 0) is 23.8 Å². The molecule has 0 aliphatic carbocycles. The topological polar surface area (TPSA) is 95.5 Å². The molecule has 0 aromatic heterocycles. The van der Waals surface area contributed by atoms with Crippen LogP contribution in [0.15, 0.2) is 18.2 Å². The fraction of sp³-hybridized carbons (Fsp3) is 0.250. The molecule has 7 heteroatoms. The Morgan fingerprint density at radius 3 is 2.84 bits per heavy atom. The quantitative estimate of drug-likeness (QED) is 0.596. The summed E-state index contributed by atoms with van der Waals surface area (Å²) in [6.07, 6.45) is 0.228. The van der Waals surface area contributed by atoms with Crippen LogP contribution < -0.4 is 10.6 Å². The van der Waals surface area contributed by atoms with Gasteiger partial charge in [0.25, 0.3) is 5.91 Å². The third kappa shape index (κ3) is 2.87. The molecule has 0 spiro atoms. The van der Waals surface area contributed by atoms with Crippen molar-refractivity contribution in [3.05, 3.63) is 29.3 Å². The molecule has 3 N–H and O–H groups in total. The van der Waals surface area contributed by atoms with Gasteiger partial charge in [-0.15, -0.1) is 0 Å². The van der Waals surface area contributed by atoms with E-state index in [4.69, 9.17) is 5.11 Å². The number of amides is 2. The number of carboxylic acids is 1. The Bertz CT molecular complexity index is 559. The lowest BCUT2D eigenvalue weighted by Gasteiger charge is -2.12. The maximum atomic E-state index is 11.9. The predicted molar refractivity (Wildman–Crippen MR) is 71.5 cm³/mol. The highest BCUT2D eigenvalue weighted by molar-refractivity contribution is 7.80. The molecule has 0 saturated heterocycles. The van der Waals surface area contributed by atoms with Crippen molar-refractivity contribution in [1.29, 1.82) is 0 Å². The van der Waals surface area contributed by atoms with Crippen LogP contribution in [0.2, 0.25) is 0 Å².